The normalized spacial score (nSPS) is 14.1. The Bertz CT molecular complexity index is 957. The molecule has 0 spiro atoms. The summed E-state index contributed by atoms with van der Waals surface area (Å²) in [5.74, 6) is 0.785. The molecule has 2 aromatic rings. The van der Waals surface area contributed by atoms with Crippen LogP contribution in [0.3, 0.4) is 0 Å². The van der Waals surface area contributed by atoms with Gasteiger partial charge in [-0.05, 0) is 30.5 Å². The molecule has 0 amide bonds. The van der Waals surface area contributed by atoms with E-state index in [-0.39, 0.29) is 5.97 Å². The van der Waals surface area contributed by atoms with E-state index in [4.69, 9.17) is 14.2 Å². The molecule has 0 radical (unpaired) electrons. The minimum Gasteiger partial charge on any atom is -0.476 e. The molecule has 9 nitrogen and oxygen atoms in total. The number of anilines is 2. The smallest absolute Gasteiger partial charge is 0.337 e. The number of pyridine rings is 1. The number of methoxy groups -OCH3 is 1. The molecular weight excluding hydrogens is 446 g/mol. The second kappa shape index (κ2) is 14.3. The molecule has 190 valence electrons. The largest absolute Gasteiger partial charge is 0.476 e. The fourth-order valence-electron chi connectivity index (χ4n) is 3.86. The summed E-state index contributed by atoms with van der Waals surface area (Å²) in [6, 6.07) is 11.1. The number of morpholine rings is 1. The molecule has 1 aliphatic rings. The van der Waals surface area contributed by atoms with Gasteiger partial charge in [-0.15, -0.1) is 0 Å². The van der Waals surface area contributed by atoms with Gasteiger partial charge in [0.2, 0.25) is 5.88 Å². The highest BCUT2D eigenvalue weighted by molar-refractivity contribution is 5.92. The van der Waals surface area contributed by atoms with Crippen LogP contribution in [-0.4, -0.2) is 81.7 Å². The molecule has 0 bridgehead atoms. The number of aromatic nitrogens is 1. The lowest BCUT2D eigenvalue weighted by Crippen LogP contribution is -2.38. The lowest BCUT2D eigenvalue weighted by Gasteiger charge is -2.26. The van der Waals surface area contributed by atoms with Gasteiger partial charge in [0.05, 0.1) is 32.1 Å². The number of benzene rings is 1. The van der Waals surface area contributed by atoms with E-state index in [2.05, 4.69) is 39.2 Å². The molecule has 1 aromatic carbocycles. The Morgan fingerprint density at radius 3 is 2.69 bits per heavy atom. The van der Waals surface area contributed by atoms with E-state index in [0.29, 0.717) is 23.9 Å². The van der Waals surface area contributed by atoms with Crippen molar-refractivity contribution in [3.05, 3.63) is 47.5 Å². The van der Waals surface area contributed by atoms with E-state index >= 15 is 0 Å². The molecule has 0 aliphatic carbocycles. The standard InChI is InChI=1S/C26H37N5O4/c1-4-9-31(10-5-2)23-18-24(28-25(19-23)35-16-13-30-11-14-34-15-12-30)29-27-20-21-7-6-8-22(17-21)26(32)33-3/h6-8,17-20H,4-5,9-16H2,1-3H3,(H,28,29)/b27-20+. The van der Waals surface area contributed by atoms with Gasteiger partial charge in [-0.1, -0.05) is 26.0 Å². The Hall–Kier alpha value is -3.17. The molecular formula is C26H37N5O4. The minimum atomic E-state index is -0.381. The SMILES string of the molecule is CCCN(CCC)c1cc(N/N=C/c2cccc(C(=O)OC)c2)nc(OCCN2CCOCC2)c1. The predicted molar refractivity (Wildman–Crippen MR) is 139 cm³/mol. The van der Waals surface area contributed by atoms with Crippen molar-refractivity contribution in [2.45, 2.75) is 26.7 Å². The van der Waals surface area contributed by atoms with Gasteiger partial charge >= 0.3 is 5.97 Å². The number of carbonyl (C=O) groups excluding carboxylic acids is 1. The van der Waals surface area contributed by atoms with Crippen molar-refractivity contribution < 1.29 is 19.0 Å². The average Bonchev–Trinajstić information content (AvgIpc) is 2.89. The monoisotopic (exact) mass is 483 g/mol. The Labute approximate surface area is 208 Å². The fourth-order valence-corrected chi connectivity index (χ4v) is 3.86. The lowest BCUT2D eigenvalue weighted by molar-refractivity contribution is 0.0320. The molecule has 1 saturated heterocycles. The van der Waals surface area contributed by atoms with Crippen LogP contribution in [-0.2, 0) is 9.47 Å². The number of hydrazone groups is 1. The Morgan fingerprint density at radius 2 is 1.97 bits per heavy atom. The first-order valence-corrected chi connectivity index (χ1v) is 12.3. The van der Waals surface area contributed by atoms with E-state index in [0.717, 1.165) is 70.0 Å². The maximum absolute atomic E-state index is 11.8. The van der Waals surface area contributed by atoms with E-state index in [9.17, 15) is 4.79 Å². The highest BCUT2D eigenvalue weighted by atomic mass is 16.5. The van der Waals surface area contributed by atoms with Crippen LogP contribution in [0.5, 0.6) is 5.88 Å². The van der Waals surface area contributed by atoms with E-state index < -0.39 is 0 Å². The van der Waals surface area contributed by atoms with Crippen molar-refractivity contribution in [2.24, 2.45) is 5.10 Å². The zero-order valence-electron chi connectivity index (χ0n) is 21.0. The van der Waals surface area contributed by atoms with Crippen LogP contribution in [0.15, 0.2) is 41.5 Å². The van der Waals surface area contributed by atoms with Crippen molar-refractivity contribution in [2.75, 3.05) is 70.0 Å². The quantitative estimate of drug-likeness (QED) is 0.262. The van der Waals surface area contributed by atoms with Crippen molar-refractivity contribution in [1.82, 2.24) is 9.88 Å². The van der Waals surface area contributed by atoms with Crippen LogP contribution in [0.25, 0.3) is 0 Å². The van der Waals surface area contributed by atoms with Gasteiger partial charge in [0.15, 0.2) is 5.82 Å². The predicted octanol–water partition coefficient (Wildman–Crippen LogP) is 3.65. The number of nitrogens with one attached hydrogen (secondary N) is 1. The average molecular weight is 484 g/mol. The third kappa shape index (κ3) is 8.52. The Kier molecular flexibility index (Phi) is 10.8. The second-order valence-corrected chi connectivity index (χ2v) is 8.33. The summed E-state index contributed by atoms with van der Waals surface area (Å²) in [4.78, 5) is 21.1. The summed E-state index contributed by atoms with van der Waals surface area (Å²) in [6.07, 6.45) is 3.75. The van der Waals surface area contributed by atoms with Gasteiger partial charge in [0.25, 0.3) is 0 Å². The van der Waals surface area contributed by atoms with Gasteiger partial charge in [0, 0.05) is 50.5 Å². The molecule has 35 heavy (non-hydrogen) atoms. The van der Waals surface area contributed by atoms with Gasteiger partial charge in [-0.2, -0.15) is 10.1 Å². The van der Waals surface area contributed by atoms with Crippen LogP contribution in [0, 0.1) is 0 Å². The molecule has 1 aromatic heterocycles. The summed E-state index contributed by atoms with van der Waals surface area (Å²) in [5.41, 5.74) is 5.32. The summed E-state index contributed by atoms with van der Waals surface area (Å²) >= 11 is 0. The number of ether oxygens (including phenoxy) is 3. The third-order valence-electron chi connectivity index (χ3n) is 5.60. The van der Waals surface area contributed by atoms with Crippen molar-refractivity contribution in [1.29, 1.82) is 0 Å². The maximum Gasteiger partial charge on any atom is 0.337 e. The van der Waals surface area contributed by atoms with E-state index in [1.54, 1.807) is 24.4 Å². The van der Waals surface area contributed by atoms with Crippen molar-refractivity contribution in [3.63, 3.8) is 0 Å². The van der Waals surface area contributed by atoms with Crippen LogP contribution < -0.4 is 15.1 Å². The number of carbonyl (C=O) groups is 1. The van der Waals surface area contributed by atoms with Crippen LogP contribution in [0.4, 0.5) is 11.5 Å². The molecule has 3 rings (SSSR count). The second-order valence-electron chi connectivity index (χ2n) is 8.33. The first-order valence-electron chi connectivity index (χ1n) is 12.3. The summed E-state index contributed by atoms with van der Waals surface area (Å²) in [6.45, 7) is 11.0. The Morgan fingerprint density at radius 1 is 1.20 bits per heavy atom. The molecule has 0 atom stereocenters. The van der Waals surface area contributed by atoms with Crippen molar-refractivity contribution >= 4 is 23.7 Å². The molecule has 1 N–H and O–H groups in total. The highest BCUT2D eigenvalue weighted by Crippen LogP contribution is 2.25. The summed E-state index contributed by atoms with van der Waals surface area (Å²) in [5, 5.41) is 4.34. The topological polar surface area (TPSA) is 88.5 Å². The molecule has 1 fully saturated rings. The van der Waals surface area contributed by atoms with Crippen molar-refractivity contribution in [3.8, 4) is 5.88 Å². The number of esters is 1. The maximum atomic E-state index is 11.8. The first-order chi connectivity index (χ1) is 17.1. The third-order valence-corrected chi connectivity index (χ3v) is 5.60. The number of hydrogen-bond acceptors (Lipinski definition) is 9. The molecule has 1 aliphatic heterocycles. The molecule has 9 heteroatoms. The van der Waals surface area contributed by atoms with Crippen LogP contribution >= 0.6 is 0 Å². The van der Waals surface area contributed by atoms with E-state index in [1.807, 2.05) is 18.2 Å². The molecule has 2 heterocycles. The first kappa shape index (κ1) is 26.4. The summed E-state index contributed by atoms with van der Waals surface area (Å²) in [7, 11) is 1.37. The number of rotatable bonds is 13. The van der Waals surface area contributed by atoms with Gasteiger partial charge < -0.3 is 19.1 Å². The number of hydrogen-bond donors (Lipinski definition) is 1. The molecule has 0 saturated carbocycles. The highest BCUT2D eigenvalue weighted by Gasteiger charge is 2.13. The number of nitrogens with zero attached hydrogens (tertiary/aromatic N) is 4. The lowest BCUT2D eigenvalue weighted by atomic mass is 10.1. The zero-order chi connectivity index (χ0) is 24.9. The zero-order valence-corrected chi connectivity index (χ0v) is 21.0. The van der Waals surface area contributed by atoms with Gasteiger partial charge in [0.1, 0.15) is 6.61 Å². The minimum absolute atomic E-state index is 0.381. The van der Waals surface area contributed by atoms with E-state index in [1.165, 1.54) is 7.11 Å². The van der Waals surface area contributed by atoms with Crippen LogP contribution in [0.1, 0.15) is 42.6 Å². The van der Waals surface area contributed by atoms with Crippen LogP contribution in [0.2, 0.25) is 0 Å². The summed E-state index contributed by atoms with van der Waals surface area (Å²) < 4.78 is 16.3. The molecule has 0 unspecified atom stereocenters. The van der Waals surface area contributed by atoms with Gasteiger partial charge in [-0.25, -0.2) is 4.79 Å². The Balaban J connectivity index is 1.72. The fraction of sp³-hybridized carbons (Fsp3) is 0.500. The van der Waals surface area contributed by atoms with Gasteiger partial charge in [-0.3, -0.25) is 10.3 Å².